The molecule has 4 aromatic carbocycles. The van der Waals surface area contributed by atoms with Gasteiger partial charge in [-0.1, -0.05) is 86.7 Å². The SMILES string of the molecule is COc1c(O)c(C)c(CCCCCCCCCC[P+](c2ccccc2)(c2ccccc2)c2ccccc2)c(O)c1OC. The van der Waals surface area contributed by atoms with E-state index in [1.165, 1.54) is 74.8 Å². The van der Waals surface area contributed by atoms with Crippen LogP contribution in [0.15, 0.2) is 91.0 Å². The molecule has 222 valence electrons. The van der Waals surface area contributed by atoms with Gasteiger partial charge < -0.3 is 19.7 Å². The van der Waals surface area contributed by atoms with Crippen molar-refractivity contribution in [1.82, 2.24) is 0 Å². The molecule has 0 heterocycles. The van der Waals surface area contributed by atoms with Gasteiger partial charge in [0.15, 0.2) is 11.5 Å². The fourth-order valence-corrected chi connectivity index (χ4v) is 10.5. The van der Waals surface area contributed by atoms with Crippen molar-refractivity contribution < 1.29 is 19.7 Å². The van der Waals surface area contributed by atoms with Crippen molar-refractivity contribution in [3.05, 3.63) is 102 Å². The van der Waals surface area contributed by atoms with Crippen LogP contribution in [0.3, 0.4) is 0 Å². The third kappa shape index (κ3) is 7.10. The summed E-state index contributed by atoms with van der Waals surface area (Å²) in [5, 5.41) is 25.6. The van der Waals surface area contributed by atoms with Crippen LogP contribution < -0.4 is 25.4 Å². The number of benzene rings is 4. The molecular formula is C37H46O4P+. The third-order valence-corrected chi connectivity index (χ3v) is 12.9. The van der Waals surface area contributed by atoms with Crippen LogP contribution in [0.4, 0.5) is 0 Å². The van der Waals surface area contributed by atoms with Crippen LogP contribution in [0, 0.1) is 6.92 Å². The van der Waals surface area contributed by atoms with E-state index in [4.69, 9.17) is 9.47 Å². The van der Waals surface area contributed by atoms with Crippen molar-refractivity contribution in [2.24, 2.45) is 0 Å². The lowest BCUT2D eigenvalue weighted by molar-refractivity contribution is 0.313. The van der Waals surface area contributed by atoms with Crippen LogP contribution in [-0.2, 0) is 6.42 Å². The second-order valence-corrected chi connectivity index (χ2v) is 14.6. The smallest absolute Gasteiger partial charge is 0.207 e. The molecule has 0 bridgehead atoms. The number of hydrogen-bond donors (Lipinski definition) is 2. The summed E-state index contributed by atoms with van der Waals surface area (Å²) < 4.78 is 10.5. The normalized spacial score (nSPS) is 11.4. The molecule has 5 heteroatoms. The zero-order valence-corrected chi connectivity index (χ0v) is 26.3. The van der Waals surface area contributed by atoms with E-state index >= 15 is 0 Å². The predicted molar refractivity (Wildman–Crippen MR) is 178 cm³/mol. The lowest BCUT2D eigenvalue weighted by atomic mass is 9.98. The molecule has 0 aliphatic carbocycles. The summed E-state index contributed by atoms with van der Waals surface area (Å²) in [5.74, 6) is 0.506. The van der Waals surface area contributed by atoms with E-state index in [-0.39, 0.29) is 23.0 Å². The number of phenolic OH excluding ortho intramolecular Hbond substituents is 2. The van der Waals surface area contributed by atoms with Gasteiger partial charge in [0.1, 0.15) is 23.2 Å². The van der Waals surface area contributed by atoms with Crippen molar-refractivity contribution in [2.45, 2.75) is 64.7 Å². The Kier molecular flexibility index (Phi) is 11.7. The lowest BCUT2D eigenvalue weighted by Gasteiger charge is -2.27. The Morgan fingerprint density at radius 3 is 1.33 bits per heavy atom. The Morgan fingerprint density at radius 2 is 0.905 bits per heavy atom. The van der Waals surface area contributed by atoms with Gasteiger partial charge in [-0.3, -0.25) is 0 Å². The molecule has 0 saturated carbocycles. The standard InChI is InChI=1S/C37H45O4P/c1-29-33(35(39)37(41-3)36(40-2)34(29)38)27-19-8-6-4-5-7-9-20-28-42(30-21-13-10-14-22-30,31-23-15-11-16-24-31)32-25-17-12-18-26-32/h10-18,21-26H,4-9,19-20,27-28H2,1-3H3,(H-,38,39)/p+1. The summed E-state index contributed by atoms with van der Waals surface area (Å²) in [7, 11) is 1.21. The highest BCUT2D eigenvalue weighted by atomic mass is 31.2. The van der Waals surface area contributed by atoms with Gasteiger partial charge >= 0.3 is 0 Å². The highest BCUT2D eigenvalue weighted by Gasteiger charge is 2.44. The maximum atomic E-state index is 10.7. The molecule has 0 unspecified atom stereocenters. The predicted octanol–water partition coefficient (Wildman–Crippen LogP) is 8.08. The number of ether oxygens (including phenoxy) is 2. The van der Waals surface area contributed by atoms with Crippen molar-refractivity contribution in [3.8, 4) is 23.0 Å². The Morgan fingerprint density at radius 1 is 0.524 bits per heavy atom. The van der Waals surface area contributed by atoms with E-state index in [0.29, 0.717) is 12.0 Å². The van der Waals surface area contributed by atoms with Crippen LogP contribution in [0.5, 0.6) is 23.0 Å². The first kappa shape index (κ1) is 31.4. The summed E-state index contributed by atoms with van der Waals surface area (Å²) >= 11 is 0. The number of hydrogen-bond acceptors (Lipinski definition) is 4. The van der Waals surface area contributed by atoms with Crippen LogP contribution >= 0.6 is 7.26 Å². The molecule has 0 aromatic heterocycles. The Bertz CT molecular complexity index is 1280. The van der Waals surface area contributed by atoms with Crippen LogP contribution in [0.25, 0.3) is 0 Å². The minimum absolute atomic E-state index is 0.0420. The molecule has 0 radical (unpaired) electrons. The van der Waals surface area contributed by atoms with Gasteiger partial charge in [0.25, 0.3) is 0 Å². The van der Waals surface area contributed by atoms with Crippen LogP contribution in [0.1, 0.15) is 62.5 Å². The number of aromatic hydroxyl groups is 2. The molecule has 0 aliphatic heterocycles. The first-order valence-electron chi connectivity index (χ1n) is 15.2. The van der Waals surface area contributed by atoms with Gasteiger partial charge in [-0.05, 0) is 69.0 Å². The summed E-state index contributed by atoms with van der Waals surface area (Å²) in [5.41, 5.74) is 1.40. The number of phenols is 2. The number of methoxy groups -OCH3 is 2. The monoisotopic (exact) mass is 585 g/mol. The van der Waals surface area contributed by atoms with E-state index in [1.807, 2.05) is 6.92 Å². The molecule has 0 amide bonds. The van der Waals surface area contributed by atoms with Gasteiger partial charge in [0, 0.05) is 11.1 Å². The van der Waals surface area contributed by atoms with Crippen molar-refractivity contribution >= 4 is 23.2 Å². The number of rotatable bonds is 16. The summed E-state index contributed by atoms with van der Waals surface area (Å²) in [6.45, 7) is 1.82. The molecule has 4 rings (SSSR count). The van der Waals surface area contributed by atoms with Gasteiger partial charge in [0.2, 0.25) is 11.5 Å². The maximum Gasteiger partial charge on any atom is 0.207 e. The minimum Gasteiger partial charge on any atom is -0.504 e. The maximum absolute atomic E-state index is 10.7. The van der Waals surface area contributed by atoms with Gasteiger partial charge in [-0.2, -0.15) is 0 Å². The highest BCUT2D eigenvalue weighted by Crippen LogP contribution is 2.56. The highest BCUT2D eigenvalue weighted by molar-refractivity contribution is 7.95. The molecule has 42 heavy (non-hydrogen) atoms. The van der Waals surface area contributed by atoms with E-state index in [0.717, 1.165) is 18.4 Å². The topological polar surface area (TPSA) is 58.9 Å². The first-order valence-corrected chi connectivity index (χ1v) is 17.2. The average Bonchev–Trinajstić information content (AvgIpc) is 3.04. The van der Waals surface area contributed by atoms with Crippen LogP contribution in [-0.4, -0.2) is 30.6 Å². The van der Waals surface area contributed by atoms with Crippen molar-refractivity contribution in [2.75, 3.05) is 20.4 Å². The van der Waals surface area contributed by atoms with E-state index in [1.54, 1.807) is 0 Å². The fraction of sp³-hybridized carbons (Fsp3) is 0.351. The van der Waals surface area contributed by atoms with Gasteiger partial charge in [0.05, 0.1) is 20.4 Å². The Balaban J connectivity index is 1.28. The molecule has 0 fully saturated rings. The average molecular weight is 586 g/mol. The van der Waals surface area contributed by atoms with Gasteiger partial charge in [-0.25, -0.2) is 0 Å². The number of unbranched alkanes of at least 4 members (excludes halogenated alkanes) is 7. The second-order valence-electron chi connectivity index (χ2n) is 11.0. The van der Waals surface area contributed by atoms with E-state index in [9.17, 15) is 10.2 Å². The first-order chi connectivity index (χ1) is 20.5. The van der Waals surface area contributed by atoms with Crippen LogP contribution in [0.2, 0.25) is 0 Å². The molecule has 0 saturated heterocycles. The Labute approximate surface area is 252 Å². The third-order valence-electron chi connectivity index (χ3n) is 8.40. The molecule has 4 aromatic rings. The van der Waals surface area contributed by atoms with E-state index in [2.05, 4.69) is 91.0 Å². The molecule has 0 atom stereocenters. The fourth-order valence-electron chi connectivity index (χ4n) is 6.12. The quantitative estimate of drug-likeness (QED) is 0.0793. The zero-order valence-electron chi connectivity index (χ0n) is 25.4. The van der Waals surface area contributed by atoms with E-state index < -0.39 is 7.26 Å². The minimum atomic E-state index is -1.73. The summed E-state index contributed by atoms with van der Waals surface area (Å²) in [4.78, 5) is 0. The molecule has 2 N–H and O–H groups in total. The lowest BCUT2D eigenvalue weighted by Crippen LogP contribution is -2.33. The zero-order chi connectivity index (χ0) is 29.8. The van der Waals surface area contributed by atoms with Crippen molar-refractivity contribution in [1.29, 1.82) is 0 Å². The molecule has 0 aliphatic rings. The largest absolute Gasteiger partial charge is 0.504 e. The molecule has 0 spiro atoms. The molecular weight excluding hydrogens is 539 g/mol. The second kappa shape index (κ2) is 15.7. The molecule has 4 nitrogen and oxygen atoms in total. The van der Waals surface area contributed by atoms with Gasteiger partial charge in [-0.15, -0.1) is 0 Å². The van der Waals surface area contributed by atoms with Crippen molar-refractivity contribution in [3.63, 3.8) is 0 Å². The Hall–Kier alpha value is -3.49. The summed E-state index contributed by atoms with van der Waals surface area (Å²) in [6.07, 6.45) is 11.3. The summed E-state index contributed by atoms with van der Waals surface area (Å²) in [6, 6.07) is 33.5.